The second-order valence-corrected chi connectivity index (χ2v) is 4.68. The average molecular weight is 379 g/mol. The van der Waals surface area contributed by atoms with Crippen molar-refractivity contribution in [1.82, 2.24) is 0 Å². The monoisotopic (exact) mass is 379 g/mol. The summed E-state index contributed by atoms with van der Waals surface area (Å²) in [7, 11) is 0. The molecule has 1 rings (SSSR count). The van der Waals surface area contributed by atoms with Gasteiger partial charge in [0.2, 0.25) is 0 Å². The van der Waals surface area contributed by atoms with Gasteiger partial charge in [0.25, 0.3) is 0 Å². The summed E-state index contributed by atoms with van der Waals surface area (Å²) in [5.74, 6) is -4.48. The second-order valence-electron chi connectivity index (χ2n) is 4.68. The van der Waals surface area contributed by atoms with Crippen LogP contribution in [0.15, 0.2) is 30.1 Å². The van der Waals surface area contributed by atoms with E-state index in [9.17, 15) is 35.1 Å². The maximum absolute atomic E-state index is 13.1. The van der Waals surface area contributed by atoms with E-state index in [0.717, 1.165) is 12.1 Å². The molecule has 1 unspecified atom stereocenters. The molecule has 0 amide bonds. The molecule has 0 bridgehead atoms. The van der Waals surface area contributed by atoms with Crippen molar-refractivity contribution in [3.8, 4) is 0 Å². The third-order valence-corrected chi connectivity index (χ3v) is 2.92. The van der Waals surface area contributed by atoms with Gasteiger partial charge in [0.1, 0.15) is 5.82 Å². The lowest BCUT2D eigenvalue weighted by atomic mass is 9.92. The van der Waals surface area contributed by atoms with Crippen molar-refractivity contribution in [2.24, 2.45) is 5.73 Å². The quantitative estimate of drug-likeness (QED) is 0.766. The van der Waals surface area contributed by atoms with Crippen LogP contribution in [-0.2, 0) is 11.0 Å². The Morgan fingerprint density at radius 2 is 1.68 bits per heavy atom. The summed E-state index contributed by atoms with van der Waals surface area (Å²) < 4.78 is 94.8. The Balaban J connectivity index is 0.000000697. The Kier molecular flexibility index (Phi) is 8.03. The summed E-state index contributed by atoms with van der Waals surface area (Å²) in [4.78, 5) is 8.90. The first-order chi connectivity index (χ1) is 11.2. The molecule has 3 N–H and O–H groups in total. The molecule has 1 aromatic rings. The number of rotatable bonds is 3. The van der Waals surface area contributed by atoms with Gasteiger partial charge in [-0.25, -0.2) is 13.6 Å². The van der Waals surface area contributed by atoms with Gasteiger partial charge >= 0.3 is 18.3 Å². The second kappa shape index (κ2) is 8.79. The summed E-state index contributed by atoms with van der Waals surface area (Å²) in [6.07, 6.45) is -9.48. The van der Waals surface area contributed by atoms with Crippen LogP contribution in [0.4, 0.5) is 35.1 Å². The molecule has 0 spiro atoms. The number of benzene rings is 1. The number of carboxylic acids is 1. The summed E-state index contributed by atoms with van der Waals surface area (Å²) in [6.45, 7) is 1.32. The first-order valence-corrected chi connectivity index (χ1v) is 6.41. The zero-order chi connectivity index (χ0) is 20.0. The molecule has 0 fully saturated rings. The van der Waals surface area contributed by atoms with E-state index < -0.39 is 35.6 Å². The van der Waals surface area contributed by atoms with Crippen molar-refractivity contribution in [2.45, 2.75) is 25.2 Å². The minimum Gasteiger partial charge on any atom is -0.475 e. The molecule has 142 valence electrons. The van der Waals surface area contributed by atoms with Crippen LogP contribution in [0, 0.1) is 5.82 Å². The van der Waals surface area contributed by atoms with E-state index in [4.69, 9.17) is 15.6 Å². The highest BCUT2D eigenvalue weighted by Gasteiger charge is 2.38. The van der Waals surface area contributed by atoms with Crippen molar-refractivity contribution >= 4 is 5.97 Å². The van der Waals surface area contributed by atoms with Crippen molar-refractivity contribution in [2.75, 3.05) is 6.54 Å². The van der Waals surface area contributed by atoms with Crippen molar-refractivity contribution in [1.29, 1.82) is 0 Å². The fraction of sp³-hybridized carbons (Fsp3) is 0.357. The van der Waals surface area contributed by atoms with E-state index >= 15 is 0 Å². The topological polar surface area (TPSA) is 63.3 Å². The first-order valence-electron chi connectivity index (χ1n) is 6.41. The minimum atomic E-state index is -5.08. The van der Waals surface area contributed by atoms with Crippen LogP contribution < -0.4 is 5.73 Å². The number of halogens is 8. The van der Waals surface area contributed by atoms with Gasteiger partial charge in [-0.2, -0.15) is 26.3 Å². The lowest BCUT2D eigenvalue weighted by Crippen LogP contribution is -2.21. The SMILES string of the molecule is CC(/C(=C\F)CN)c1cc(F)cc(C(F)(F)F)c1.O=C(O)C(F)(F)F. The number of carboxylic acid groups (broad SMARTS) is 1. The Hall–Kier alpha value is -2.17. The van der Waals surface area contributed by atoms with E-state index in [1.807, 2.05) is 0 Å². The molecule has 1 atom stereocenters. The summed E-state index contributed by atoms with van der Waals surface area (Å²) in [5, 5.41) is 7.12. The predicted molar refractivity (Wildman–Crippen MR) is 71.8 cm³/mol. The molecule has 0 saturated heterocycles. The molecular formula is C14H13F8NO2. The van der Waals surface area contributed by atoms with Crippen LogP contribution in [0.25, 0.3) is 0 Å². The van der Waals surface area contributed by atoms with Crippen molar-refractivity contribution in [3.05, 3.63) is 47.0 Å². The molecular weight excluding hydrogens is 366 g/mol. The molecule has 0 aliphatic rings. The van der Waals surface area contributed by atoms with Gasteiger partial charge in [-0.05, 0) is 29.3 Å². The lowest BCUT2D eigenvalue weighted by Gasteiger charge is -2.16. The lowest BCUT2D eigenvalue weighted by molar-refractivity contribution is -0.192. The van der Waals surface area contributed by atoms with Crippen LogP contribution in [-0.4, -0.2) is 23.8 Å². The summed E-state index contributed by atoms with van der Waals surface area (Å²) in [6, 6.07) is 2.14. The maximum Gasteiger partial charge on any atom is 0.490 e. The van der Waals surface area contributed by atoms with E-state index in [1.54, 1.807) is 0 Å². The van der Waals surface area contributed by atoms with Gasteiger partial charge in [-0.3, -0.25) is 0 Å². The number of nitrogens with two attached hydrogens (primary N) is 1. The first kappa shape index (κ1) is 22.8. The molecule has 25 heavy (non-hydrogen) atoms. The zero-order valence-electron chi connectivity index (χ0n) is 12.6. The maximum atomic E-state index is 13.1. The van der Waals surface area contributed by atoms with Crippen LogP contribution in [0.1, 0.15) is 24.0 Å². The third kappa shape index (κ3) is 7.50. The van der Waals surface area contributed by atoms with E-state index in [-0.39, 0.29) is 24.0 Å². The van der Waals surface area contributed by atoms with Gasteiger partial charge in [-0.1, -0.05) is 6.92 Å². The van der Waals surface area contributed by atoms with E-state index in [1.165, 1.54) is 6.92 Å². The third-order valence-electron chi connectivity index (χ3n) is 2.92. The minimum absolute atomic E-state index is 0.0386. The highest BCUT2D eigenvalue weighted by atomic mass is 19.4. The van der Waals surface area contributed by atoms with E-state index in [2.05, 4.69) is 0 Å². The molecule has 3 nitrogen and oxygen atoms in total. The van der Waals surface area contributed by atoms with Gasteiger partial charge in [0.15, 0.2) is 0 Å². The summed E-state index contributed by atoms with van der Waals surface area (Å²) in [5.41, 5.74) is 4.31. The number of hydrogen-bond acceptors (Lipinski definition) is 2. The highest BCUT2D eigenvalue weighted by Crippen LogP contribution is 2.33. The van der Waals surface area contributed by atoms with E-state index in [0.29, 0.717) is 6.07 Å². The largest absolute Gasteiger partial charge is 0.490 e. The average Bonchev–Trinajstić information content (AvgIpc) is 2.46. The number of alkyl halides is 6. The van der Waals surface area contributed by atoms with Gasteiger partial charge in [0.05, 0.1) is 11.9 Å². The van der Waals surface area contributed by atoms with Gasteiger partial charge < -0.3 is 10.8 Å². The van der Waals surface area contributed by atoms with Crippen LogP contribution in [0.2, 0.25) is 0 Å². The molecule has 0 radical (unpaired) electrons. The fourth-order valence-corrected chi connectivity index (χ4v) is 1.56. The van der Waals surface area contributed by atoms with Gasteiger partial charge in [0, 0.05) is 12.5 Å². The molecule has 1 aromatic carbocycles. The Morgan fingerprint density at radius 1 is 1.20 bits per heavy atom. The smallest absolute Gasteiger partial charge is 0.475 e. The number of hydrogen-bond donors (Lipinski definition) is 2. The molecule has 0 aromatic heterocycles. The standard InChI is InChI=1S/C12H12F5N.C2HF3O2/c1-7(9(5-13)6-18)8-2-10(12(15,16)17)4-11(14)3-8;3-2(4,5)1(6)7/h2-5,7H,6,18H2,1H3;(H,6,7)/b9-5-;. The van der Waals surface area contributed by atoms with Crippen molar-refractivity contribution in [3.63, 3.8) is 0 Å². The molecule has 0 saturated carbocycles. The molecule has 0 aliphatic heterocycles. The van der Waals surface area contributed by atoms with Gasteiger partial charge in [-0.15, -0.1) is 0 Å². The predicted octanol–water partition coefficient (Wildman–Crippen LogP) is 4.39. The van der Waals surface area contributed by atoms with Crippen LogP contribution in [0.3, 0.4) is 0 Å². The normalized spacial score (nSPS) is 13.8. The Bertz CT molecular complexity index is 622. The van der Waals surface area contributed by atoms with Crippen LogP contribution >= 0.6 is 0 Å². The fourth-order valence-electron chi connectivity index (χ4n) is 1.56. The Labute approximate surface area is 136 Å². The molecule has 0 heterocycles. The highest BCUT2D eigenvalue weighted by molar-refractivity contribution is 5.73. The number of carbonyl (C=O) groups is 1. The number of aliphatic carboxylic acids is 1. The molecule has 0 aliphatic carbocycles. The van der Waals surface area contributed by atoms with Crippen molar-refractivity contribution < 1.29 is 45.0 Å². The van der Waals surface area contributed by atoms with Crippen LogP contribution in [0.5, 0.6) is 0 Å². The zero-order valence-corrected chi connectivity index (χ0v) is 12.6. The Morgan fingerprint density at radius 3 is 2.00 bits per heavy atom. The summed E-state index contributed by atoms with van der Waals surface area (Å²) >= 11 is 0. The molecule has 11 heteroatoms.